The van der Waals surface area contributed by atoms with Gasteiger partial charge in [-0.2, -0.15) is 13.2 Å². The molecule has 0 saturated heterocycles. The molecule has 1 aromatic heterocycles. The Balaban J connectivity index is 1.96. The highest BCUT2D eigenvalue weighted by Crippen LogP contribution is 2.39. The first kappa shape index (κ1) is 24.6. The van der Waals surface area contributed by atoms with E-state index < -0.39 is 29.4 Å². The highest BCUT2D eigenvalue weighted by Gasteiger charge is 2.34. The Morgan fingerprint density at radius 1 is 1.12 bits per heavy atom. The molecule has 0 aliphatic heterocycles. The molecule has 0 aliphatic carbocycles. The number of ether oxygens (including phenoxy) is 2. The van der Waals surface area contributed by atoms with Gasteiger partial charge in [0.1, 0.15) is 17.2 Å². The highest BCUT2D eigenvalue weighted by molar-refractivity contribution is 6.01. The third-order valence-electron chi connectivity index (χ3n) is 4.88. The van der Waals surface area contributed by atoms with Crippen molar-refractivity contribution in [2.24, 2.45) is 5.73 Å². The maximum absolute atomic E-state index is 13.7. The average Bonchev–Trinajstić information content (AvgIpc) is 2.78. The molecule has 11 heteroatoms. The van der Waals surface area contributed by atoms with Crippen LogP contribution in [0.2, 0.25) is 0 Å². The molecule has 0 fully saturated rings. The molecular weight excluding hydrogens is 453 g/mol. The van der Waals surface area contributed by atoms with E-state index in [-0.39, 0.29) is 22.8 Å². The van der Waals surface area contributed by atoms with Crippen LogP contribution in [0.5, 0.6) is 17.2 Å². The fraction of sp³-hybridized carbons (Fsp3) is 0.261. The third kappa shape index (κ3) is 5.66. The van der Waals surface area contributed by atoms with Crippen molar-refractivity contribution in [3.05, 3.63) is 53.7 Å². The number of carbonyl (C=O) groups excluding carboxylic acids is 2. The first-order valence-electron chi connectivity index (χ1n) is 10.3. The van der Waals surface area contributed by atoms with E-state index in [1.54, 1.807) is 0 Å². The third-order valence-corrected chi connectivity index (χ3v) is 4.88. The van der Waals surface area contributed by atoms with E-state index in [1.807, 2.05) is 6.92 Å². The number of alkyl halides is 3. The van der Waals surface area contributed by atoms with Crippen molar-refractivity contribution in [2.75, 3.05) is 19.0 Å². The number of halogens is 3. The van der Waals surface area contributed by atoms with E-state index in [1.165, 1.54) is 37.6 Å². The number of hydrogen-bond acceptors (Lipinski definition) is 5. The lowest BCUT2D eigenvalue weighted by Crippen LogP contribution is -2.30. The first-order valence-corrected chi connectivity index (χ1v) is 10.3. The van der Waals surface area contributed by atoms with Crippen LogP contribution in [-0.4, -0.2) is 30.6 Å². The quantitative estimate of drug-likeness (QED) is 0.393. The molecule has 0 aliphatic rings. The number of hydrogen-bond donors (Lipinski definition) is 3. The second kappa shape index (κ2) is 10.3. The van der Waals surface area contributed by atoms with E-state index in [2.05, 4.69) is 15.6 Å². The van der Waals surface area contributed by atoms with E-state index in [4.69, 9.17) is 15.2 Å². The predicted molar refractivity (Wildman–Crippen MR) is 120 cm³/mol. The number of benzene rings is 2. The van der Waals surface area contributed by atoms with Crippen molar-refractivity contribution in [2.45, 2.75) is 25.9 Å². The van der Waals surface area contributed by atoms with Crippen LogP contribution in [0.3, 0.4) is 0 Å². The minimum atomic E-state index is -4.75. The summed E-state index contributed by atoms with van der Waals surface area (Å²) in [6, 6.07) is 6.78. The SMILES string of the molecule is CCCCNC(=O)Nc1ccc(Oc2ccnc3cc(OC)c(C(N)=O)cc23)cc1C(F)(F)F. The summed E-state index contributed by atoms with van der Waals surface area (Å²) in [6.07, 6.45) is -1.81. The minimum Gasteiger partial charge on any atom is -0.496 e. The molecule has 8 nitrogen and oxygen atoms in total. The number of rotatable bonds is 8. The van der Waals surface area contributed by atoms with Crippen LogP contribution in [0.1, 0.15) is 35.7 Å². The molecule has 2 aromatic carbocycles. The molecule has 0 radical (unpaired) electrons. The zero-order valence-electron chi connectivity index (χ0n) is 18.5. The Kier molecular flexibility index (Phi) is 7.44. The van der Waals surface area contributed by atoms with Gasteiger partial charge in [0.25, 0.3) is 5.91 Å². The number of nitrogens with one attached hydrogen (secondary N) is 2. The van der Waals surface area contributed by atoms with Gasteiger partial charge in [-0.3, -0.25) is 9.78 Å². The van der Waals surface area contributed by atoms with Gasteiger partial charge in [-0.05, 0) is 36.8 Å². The molecule has 0 saturated carbocycles. The van der Waals surface area contributed by atoms with Crippen molar-refractivity contribution in [3.63, 3.8) is 0 Å². The van der Waals surface area contributed by atoms with Gasteiger partial charge in [0.2, 0.25) is 0 Å². The Morgan fingerprint density at radius 2 is 1.88 bits per heavy atom. The predicted octanol–water partition coefficient (Wildman–Crippen LogP) is 5.08. The van der Waals surface area contributed by atoms with Crippen molar-refractivity contribution in [3.8, 4) is 17.2 Å². The molecule has 0 spiro atoms. The summed E-state index contributed by atoms with van der Waals surface area (Å²) < 4.78 is 52.0. The fourth-order valence-corrected chi connectivity index (χ4v) is 3.20. The zero-order valence-corrected chi connectivity index (χ0v) is 18.5. The van der Waals surface area contributed by atoms with Gasteiger partial charge in [-0.25, -0.2) is 4.79 Å². The molecule has 3 rings (SSSR count). The molecule has 4 N–H and O–H groups in total. The summed E-state index contributed by atoms with van der Waals surface area (Å²) in [4.78, 5) is 27.9. The van der Waals surface area contributed by atoms with Crippen LogP contribution in [0.4, 0.5) is 23.7 Å². The Bertz CT molecular complexity index is 1210. The van der Waals surface area contributed by atoms with Crippen LogP contribution in [0.15, 0.2) is 42.6 Å². The van der Waals surface area contributed by atoms with E-state index in [9.17, 15) is 22.8 Å². The number of amides is 3. The number of aromatic nitrogens is 1. The van der Waals surface area contributed by atoms with Gasteiger partial charge in [-0.15, -0.1) is 0 Å². The summed E-state index contributed by atoms with van der Waals surface area (Å²) in [5, 5.41) is 5.08. The van der Waals surface area contributed by atoms with Crippen molar-refractivity contribution < 1.29 is 32.2 Å². The number of pyridine rings is 1. The molecule has 1 heterocycles. The van der Waals surface area contributed by atoms with E-state index in [0.29, 0.717) is 23.9 Å². The Hall–Kier alpha value is -4.02. The summed E-state index contributed by atoms with van der Waals surface area (Å²) in [7, 11) is 1.37. The lowest BCUT2D eigenvalue weighted by atomic mass is 10.1. The zero-order chi connectivity index (χ0) is 24.9. The number of nitrogens with two attached hydrogens (primary N) is 1. The number of nitrogens with zero attached hydrogens (tertiary/aromatic N) is 1. The van der Waals surface area contributed by atoms with Crippen molar-refractivity contribution in [1.82, 2.24) is 10.3 Å². The summed E-state index contributed by atoms with van der Waals surface area (Å²) in [5.74, 6) is -0.522. The average molecular weight is 476 g/mol. The van der Waals surface area contributed by atoms with E-state index in [0.717, 1.165) is 18.6 Å². The number of methoxy groups -OCH3 is 1. The summed E-state index contributed by atoms with van der Waals surface area (Å²) >= 11 is 0. The minimum absolute atomic E-state index is 0.0671. The number of fused-ring (bicyclic) bond motifs is 1. The van der Waals surface area contributed by atoms with Crippen molar-refractivity contribution in [1.29, 1.82) is 0 Å². The number of carbonyl (C=O) groups is 2. The van der Waals surface area contributed by atoms with Gasteiger partial charge in [0.05, 0.1) is 29.4 Å². The number of anilines is 1. The largest absolute Gasteiger partial charge is 0.496 e. The topological polar surface area (TPSA) is 116 Å². The molecule has 0 atom stereocenters. The second-order valence-electron chi connectivity index (χ2n) is 7.28. The molecule has 0 bridgehead atoms. The molecule has 0 unspecified atom stereocenters. The van der Waals surface area contributed by atoms with Crippen LogP contribution >= 0.6 is 0 Å². The molecule has 180 valence electrons. The monoisotopic (exact) mass is 476 g/mol. The van der Waals surface area contributed by atoms with Gasteiger partial charge in [-0.1, -0.05) is 13.3 Å². The maximum atomic E-state index is 13.7. The Labute approximate surface area is 193 Å². The normalized spacial score (nSPS) is 11.2. The van der Waals surface area contributed by atoms with Gasteiger partial charge in [0.15, 0.2) is 0 Å². The molecule has 3 aromatic rings. The number of urea groups is 1. The summed E-state index contributed by atoms with van der Waals surface area (Å²) in [6.45, 7) is 2.27. The van der Waals surface area contributed by atoms with Crippen molar-refractivity contribution >= 4 is 28.5 Å². The standard InChI is InChI=1S/C23H23F3N4O4/c1-3-4-8-29-22(32)30-17-6-5-13(10-16(17)23(24,25)26)34-19-7-9-28-18-12-20(33-2)15(21(27)31)11-14(18)19/h5-7,9-12H,3-4,8H2,1-2H3,(H2,27,31)(H2,29,30,32). The van der Waals surface area contributed by atoms with Crippen LogP contribution in [0.25, 0.3) is 10.9 Å². The first-order chi connectivity index (χ1) is 16.1. The van der Waals surface area contributed by atoms with Gasteiger partial charge < -0.3 is 25.8 Å². The lowest BCUT2D eigenvalue weighted by molar-refractivity contribution is -0.137. The fourth-order valence-electron chi connectivity index (χ4n) is 3.20. The van der Waals surface area contributed by atoms with E-state index >= 15 is 0 Å². The van der Waals surface area contributed by atoms with Gasteiger partial charge in [0, 0.05) is 24.2 Å². The smallest absolute Gasteiger partial charge is 0.418 e. The summed E-state index contributed by atoms with van der Waals surface area (Å²) in [5.41, 5.74) is 4.37. The van der Waals surface area contributed by atoms with Crippen LogP contribution < -0.4 is 25.8 Å². The maximum Gasteiger partial charge on any atom is 0.418 e. The number of unbranched alkanes of at least 4 members (excludes halogenated alkanes) is 1. The molecule has 34 heavy (non-hydrogen) atoms. The molecule has 3 amide bonds. The van der Waals surface area contributed by atoms with Gasteiger partial charge >= 0.3 is 12.2 Å². The number of primary amides is 1. The lowest BCUT2D eigenvalue weighted by Gasteiger charge is -2.17. The molecular formula is C23H23F3N4O4. The second-order valence-corrected chi connectivity index (χ2v) is 7.28. The highest BCUT2D eigenvalue weighted by atomic mass is 19.4. The van der Waals surface area contributed by atoms with Crippen LogP contribution in [-0.2, 0) is 6.18 Å². The van der Waals surface area contributed by atoms with Crippen LogP contribution in [0, 0.1) is 0 Å². The Morgan fingerprint density at radius 3 is 2.53 bits per heavy atom.